The molecule has 1 N–H and O–H groups in total. The molecule has 126 valence electrons. The van der Waals surface area contributed by atoms with E-state index in [2.05, 4.69) is 12.2 Å². The third-order valence-electron chi connectivity index (χ3n) is 4.94. The maximum absolute atomic E-state index is 13.1. The third-order valence-corrected chi connectivity index (χ3v) is 6.11. The number of piperidine rings is 1. The van der Waals surface area contributed by atoms with Crippen LogP contribution in [0.25, 0.3) is 0 Å². The van der Waals surface area contributed by atoms with Gasteiger partial charge in [-0.05, 0) is 50.0 Å². The van der Waals surface area contributed by atoms with Crippen molar-refractivity contribution in [3.8, 4) is 0 Å². The van der Waals surface area contributed by atoms with Crippen molar-refractivity contribution in [2.24, 2.45) is 5.92 Å². The van der Waals surface area contributed by atoms with Crippen LogP contribution >= 0.6 is 11.3 Å². The highest BCUT2D eigenvalue weighted by Crippen LogP contribution is 2.40. The Bertz CT molecular complexity index is 602. The molecule has 0 spiro atoms. The molecule has 1 aliphatic heterocycles. The minimum Gasteiger partial charge on any atom is -0.339 e. The fourth-order valence-electron chi connectivity index (χ4n) is 3.54. The molecule has 1 aromatic rings. The van der Waals surface area contributed by atoms with Crippen LogP contribution in [-0.2, 0) is 17.6 Å². The van der Waals surface area contributed by atoms with Crippen LogP contribution < -0.4 is 5.32 Å². The zero-order chi connectivity index (χ0) is 16.4. The number of hydrogen-bond donors (Lipinski definition) is 1. The van der Waals surface area contributed by atoms with Gasteiger partial charge in [-0.25, -0.2) is 0 Å². The van der Waals surface area contributed by atoms with Gasteiger partial charge >= 0.3 is 0 Å². The summed E-state index contributed by atoms with van der Waals surface area (Å²) in [7, 11) is 0. The Morgan fingerprint density at radius 3 is 2.70 bits per heavy atom. The summed E-state index contributed by atoms with van der Waals surface area (Å²) in [6.07, 6.45) is 6.95. The Kier molecular flexibility index (Phi) is 5.05. The molecule has 2 aliphatic rings. The van der Waals surface area contributed by atoms with Crippen molar-refractivity contribution in [1.29, 1.82) is 0 Å². The second-order valence-electron chi connectivity index (χ2n) is 6.81. The number of carbonyl (C=O) groups is 2. The summed E-state index contributed by atoms with van der Waals surface area (Å²) < 4.78 is 0. The topological polar surface area (TPSA) is 49.4 Å². The summed E-state index contributed by atoms with van der Waals surface area (Å²) in [5.74, 6) is 0.779. The Hall–Kier alpha value is -1.36. The lowest BCUT2D eigenvalue weighted by molar-refractivity contribution is -0.115. The van der Waals surface area contributed by atoms with Gasteiger partial charge < -0.3 is 10.2 Å². The quantitative estimate of drug-likeness (QED) is 0.913. The van der Waals surface area contributed by atoms with Gasteiger partial charge in [0, 0.05) is 24.4 Å². The lowest BCUT2D eigenvalue weighted by Crippen LogP contribution is -2.36. The predicted molar refractivity (Wildman–Crippen MR) is 94.2 cm³/mol. The number of amides is 2. The van der Waals surface area contributed by atoms with Gasteiger partial charge in [0.1, 0.15) is 5.00 Å². The number of likely N-dealkylation sites (tertiary alicyclic amines) is 1. The summed E-state index contributed by atoms with van der Waals surface area (Å²) in [5, 5.41) is 3.77. The Labute approximate surface area is 142 Å². The molecular formula is C18H26N2O2S. The van der Waals surface area contributed by atoms with Crippen LogP contribution in [0.4, 0.5) is 5.00 Å². The Balaban J connectivity index is 1.95. The highest BCUT2D eigenvalue weighted by atomic mass is 32.1. The maximum Gasteiger partial charge on any atom is 0.257 e. The van der Waals surface area contributed by atoms with E-state index in [0.717, 1.165) is 55.8 Å². The van der Waals surface area contributed by atoms with Gasteiger partial charge in [0.05, 0.1) is 5.56 Å². The Morgan fingerprint density at radius 2 is 2.00 bits per heavy atom. The van der Waals surface area contributed by atoms with Crippen molar-refractivity contribution in [1.82, 2.24) is 4.90 Å². The number of nitrogens with zero attached hydrogens (tertiary/aromatic N) is 1. The molecular weight excluding hydrogens is 308 g/mol. The minimum absolute atomic E-state index is 0.00987. The first-order valence-corrected chi connectivity index (χ1v) is 9.65. The van der Waals surface area contributed by atoms with Gasteiger partial charge in [0.15, 0.2) is 0 Å². The first-order valence-electron chi connectivity index (χ1n) is 8.83. The molecule has 0 aromatic carbocycles. The average Bonchev–Trinajstić information content (AvgIpc) is 2.91. The van der Waals surface area contributed by atoms with Crippen molar-refractivity contribution < 1.29 is 9.59 Å². The molecule has 1 atom stereocenters. The number of anilines is 1. The predicted octanol–water partition coefficient (Wildman–Crippen LogP) is 3.85. The summed E-state index contributed by atoms with van der Waals surface area (Å²) in [6, 6.07) is 0. The molecule has 0 bridgehead atoms. The van der Waals surface area contributed by atoms with Gasteiger partial charge in [-0.3, -0.25) is 9.59 Å². The summed E-state index contributed by atoms with van der Waals surface area (Å²) in [6.45, 7) is 5.80. The van der Waals surface area contributed by atoms with Crippen LogP contribution in [0.2, 0.25) is 0 Å². The highest BCUT2D eigenvalue weighted by molar-refractivity contribution is 7.17. The minimum atomic E-state index is -0.00987. The van der Waals surface area contributed by atoms with E-state index in [0.29, 0.717) is 12.3 Å². The smallest absolute Gasteiger partial charge is 0.257 e. The summed E-state index contributed by atoms with van der Waals surface area (Å²) in [5.41, 5.74) is 2.00. The third kappa shape index (κ3) is 3.44. The molecule has 1 saturated heterocycles. The molecule has 2 heterocycles. The van der Waals surface area contributed by atoms with Crippen LogP contribution in [0.3, 0.4) is 0 Å². The lowest BCUT2D eigenvalue weighted by Gasteiger charge is -2.28. The lowest BCUT2D eigenvalue weighted by atomic mass is 9.88. The fourth-order valence-corrected chi connectivity index (χ4v) is 4.95. The number of carbonyl (C=O) groups excluding carboxylic acids is 2. The maximum atomic E-state index is 13.1. The first kappa shape index (κ1) is 16.5. The van der Waals surface area contributed by atoms with Crippen molar-refractivity contribution in [2.45, 2.75) is 58.8 Å². The molecule has 4 nitrogen and oxygen atoms in total. The number of rotatable bonds is 3. The van der Waals surface area contributed by atoms with E-state index < -0.39 is 0 Å². The highest BCUT2D eigenvalue weighted by Gasteiger charge is 2.30. The van der Waals surface area contributed by atoms with E-state index in [1.54, 1.807) is 11.3 Å². The molecule has 2 amide bonds. The van der Waals surface area contributed by atoms with E-state index in [9.17, 15) is 9.59 Å². The Morgan fingerprint density at radius 1 is 1.26 bits per heavy atom. The zero-order valence-corrected chi connectivity index (χ0v) is 14.9. The van der Waals surface area contributed by atoms with E-state index in [4.69, 9.17) is 0 Å². The van der Waals surface area contributed by atoms with Crippen LogP contribution in [0, 0.1) is 5.92 Å². The first-order chi connectivity index (χ1) is 11.1. The van der Waals surface area contributed by atoms with E-state index >= 15 is 0 Å². The van der Waals surface area contributed by atoms with Crippen molar-refractivity contribution >= 4 is 28.2 Å². The van der Waals surface area contributed by atoms with E-state index in [-0.39, 0.29) is 11.8 Å². The normalized spacial score (nSPS) is 21.0. The largest absolute Gasteiger partial charge is 0.339 e. The van der Waals surface area contributed by atoms with Gasteiger partial charge in [0.25, 0.3) is 5.91 Å². The molecule has 1 fully saturated rings. The number of fused-ring (bicyclic) bond motifs is 1. The number of thiophene rings is 1. The zero-order valence-electron chi connectivity index (χ0n) is 14.1. The molecule has 1 unspecified atom stereocenters. The average molecular weight is 334 g/mol. The summed E-state index contributed by atoms with van der Waals surface area (Å²) >= 11 is 1.62. The molecule has 23 heavy (non-hydrogen) atoms. The molecule has 1 aromatic heterocycles. The van der Waals surface area contributed by atoms with Gasteiger partial charge in [0.2, 0.25) is 5.91 Å². The van der Waals surface area contributed by atoms with Crippen molar-refractivity contribution in [3.05, 3.63) is 16.0 Å². The SMILES string of the molecule is CCC(=O)Nc1sc2c(c1C(=O)N1CCCCC1)CCC(C)C2. The van der Waals surface area contributed by atoms with E-state index in [1.165, 1.54) is 16.9 Å². The van der Waals surface area contributed by atoms with E-state index in [1.807, 2.05) is 11.8 Å². The van der Waals surface area contributed by atoms with Crippen LogP contribution in [0.1, 0.15) is 66.8 Å². The van der Waals surface area contributed by atoms with Gasteiger partial charge in [-0.2, -0.15) is 0 Å². The molecule has 5 heteroatoms. The summed E-state index contributed by atoms with van der Waals surface area (Å²) in [4.78, 5) is 28.2. The van der Waals surface area contributed by atoms with Crippen molar-refractivity contribution in [3.63, 3.8) is 0 Å². The molecule has 0 saturated carbocycles. The van der Waals surface area contributed by atoms with Crippen LogP contribution in [-0.4, -0.2) is 29.8 Å². The standard InChI is InChI=1S/C18H26N2O2S/c1-3-15(21)19-17-16(18(22)20-9-5-4-6-10-20)13-8-7-12(2)11-14(13)23-17/h12H,3-11H2,1-2H3,(H,19,21). The van der Waals surface area contributed by atoms with Gasteiger partial charge in [-0.15, -0.1) is 11.3 Å². The fraction of sp³-hybridized carbons (Fsp3) is 0.667. The van der Waals surface area contributed by atoms with Crippen molar-refractivity contribution in [2.75, 3.05) is 18.4 Å². The molecule has 1 aliphatic carbocycles. The molecule has 0 radical (unpaired) electrons. The number of hydrogen-bond acceptors (Lipinski definition) is 3. The second-order valence-corrected chi connectivity index (χ2v) is 7.92. The van der Waals surface area contributed by atoms with Gasteiger partial charge in [-0.1, -0.05) is 13.8 Å². The van der Waals surface area contributed by atoms with Crippen LogP contribution in [0.5, 0.6) is 0 Å². The second kappa shape index (κ2) is 7.04. The van der Waals surface area contributed by atoms with Crippen LogP contribution in [0.15, 0.2) is 0 Å². The number of nitrogens with one attached hydrogen (secondary N) is 1. The molecule has 3 rings (SSSR count). The monoisotopic (exact) mass is 334 g/mol.